The van der Waals surface area contributed by atoms with E-state index in [9.17, 15) is 0 Å². The van der Waals surface area contributed by atoms with Crippen molar-refractivity contribution in [2.24, 2.45) is 5.73 Å². The van der Waals surface area contributed by atoms with Crippen LogP contribution in [0.3, 0.4) is 0 Å². The third-order valence-electron chi connectivity index (χ3n) is 3.08. The number of nitrogens with zero attached hydrogens (tertiary/aromatic N) is 2. The van der Waals surface area contributed by atoms with Crippen LogP contribution in [0.1, 0.15) is 31.1 Å². The summed E-state index contributed by atoms with van der Waals surface area (Å²) in [5.74, 6) is 2.09. The first-order chi connectivity index (χ1) is 9.05. The number of rotatable bonds is 5. The lowest BCUT2D eigenvalue weighted by atomic mass is 9.94. The van der Waals surface area contributed by atoms with Crippen molar-refractivity contribution in [2.45, 2.75) is 25.7 Å². The molecule has 5 nitrogen and oxygen atoms in total. The van der Waals surface area contributed by atoms with E-state index in [4.69, 9.17) is 15.0 Å². The Balaban J connectivity index is 0.00000200. The molecule has 1 heterocycles. The number of nitrogens with two attached hydrogens (primary N) is 1. The van der Waals surface area contributed by atoms with E-state index < -0.39 is 0 Å². The minimum Gasteiger partial charge on any atom is -0.497 e. The topological polar surface area (TPSA) is 74.2 Å². The second-order valence-corrected chi connectivity index (χ2v) is 5.13. The molecule has 1 aromatic heterocycles. The number of benzene rings is 1. The van der Waals surface area contributed by atoms with Crippen LogP contribution in [-0.4, -0.2) is 23.8 Å². The summed E-state index contributed by atoms with van der Waals surface area (Å²) in [5.41, 5.74) is 6.51. The van der Waals surface area contributed by atoms with Gasteiger partial charge in [0.15, 0.2) is 5.82 Å². The van der Waals surface area contributed by atoms with Crippen molar-refractivity contribution in [1.82, 2.24) is 10.1 Å². The molecule has 0 spiro atoms. The van der Waals surface area contributed by atoms with E-state index in [2.05, 4.69) is 10.1 Å². The maximum atomic E-state index is 5.69. The molecule has 0 aliphatic carbocycles. The van der Waals surface area contributed by atoms with Gasteiger partial charge in [-0.15, -0.1) is 12.4 Å². The molecule has 2 aromatic rings. The number of ether oxygens (including phenoxy) is 1. The van der Waals surface area contributed by atoms with Gasteiger partial charge in [0.25, 0.3) is 0 Å². The van der Waals surface area contributed by atoms with Crippen LogP contribution in [0.5, 0.6) is 5.75 Å². The van der Waals surface area contributed by atoms with Gasteiger partial charge in [0.1, 0.15) is 5.75 Å². The molecule has 0 saturated heterocycles. The molecule has 0 bridgehead atoms. The Hall–Kier alpha value is -1.59. The quantitative estimate of drug-likeness (QED) is 0.917. The summed E-state index contributed by atoms with van der Waals surface area (Å²) in [6.45, 7) is 4.44. The van der Waals surface area contributed by atoms with Crippen LogP contribution in [0, 0.1) is 0 Å². The Morgan fingerprint density at radius 2 is 1.90 bits per heavy atom. The normalized spacial score (nSPS) is 11.0. The number of methoxy groups -OCH3 is 1. The van der Waals surface area contributed by atoms with Gasteiger partial charge in [-0.05, 0) is 31.5 Å². The highest BCUT2D eigenvalue weighted by molar-refractivity contribution is 5.85. The molecule has 2 N–H and O–H groups in total. The number of hydrogen-bond acceptors (Lipinski definition) is 5. The Kier molecular flexibility index (Phi) is 5.53. The highest BCUT2D eigenvalue weighted by atomic mass is 35.5. The molecule has 0 amide bonds. The van der Waals surface area contributed by atoms with E-state index >= 15 is 0 Å². The predicted molar refractivity (Wildman–Crippen MR) is 79.4 cm³/mol. The van der Waals surface area contributed by atoms with Crippen molar-refractivity contribution in [2.75, 3.05) is 13.7 Å². The maximum absolute atomic E-state index is 5.69. The fourth-order valence-electron chi connectivity index (χ4n) is 1.61. The van der Waals surface area contributed by atoms with Gasteiger partial charge in [0.05, 0.1) is 12.5 Å². The summed E-state index contributed by atoms with van der Waals surface area (Å²) < 4.78 is 10.4. The smallest absolute Gasteiger partial charge is 0.233 e. The molecule has 0 unspecified atom stereocenters. The van der Waals surface area contributed by atoms with Gasteiger partial charge in [-0.1, -0.05) is 17.3 Å². The van der Waals surface area contributed by atoms with Crippen molar-refractivity contribution in [3.05, 3.63) is 41.5 Å². The van der Waals surface area contributed by atoms with Crippen molar-refractivity contribution in [1.29, 1.82) is 0 Å². The summed E-state index contributed by atoms with van der Waals surface area (Å²) in [5, 5.41) is 4.00. The minimum absolute atomic E-state index is 0. The first-order valence-electron chi connectivity index (χ1n) is 6.21. The Morgan fingerprint density at radius 3 is 2.45 bits per heavy atom. The second kappa shape index (κ2) is 6.72. The first kappa shape index (κ1) is 16.5. The number of aromatic nitrogens is 2. The standard InChI is InChI=1S/C14H19N3O2.ClH/c1-14(2,9-15)13-16-12(17-19-13)8-10-4-6-11(18-3)7-5-10;/h4-7H,8-9,15H2,1-3H3;1H. The van der Waals surface area contributed by atoms with E-state index in [-0.39, 0.29) is 17.8 Å². The van der Waals surface area contributed by atoms with Crippen LogP contribution >= 0.6 is 12.4 Å². The van der Waals surface area contributed by atoms with Crippen molar-refractivity contribution >= 4 is 12.4 Å². The van der Waals surface area contributed by atoms with Crippen LogP contribution in [-0.2, 0) is 11.8 Å². The third kappa shape index (κ3) is 3.71. The van der Waals surface area contributed by atoms with Gasteiger partial charge < -0.3 is 15.0 Å². The molecule has 0 atom stereocenters. The van der Waals surface area contributed by atoms with Crippen LogP contribution in [0.2, 0.25) is 0 Å². The predicted octanol–water partition coefficient (Wildman–Crippen LogP) is 2.33. The second-order valence-electron chi connectivity index (χ2n) is 5.13. The molecular formula is C14H20ClN3O2. The maximum Gasteiger partial charge on any atom is 0.233 e. The monoisotopic (exact) mass is 297 g/mol. The fraction of sp³-hybridized carbons (Fsp3) is 0.429. The van der Waals surface area contributed by atoms with Crippen LogP contribution in [0.25, 0.3) is 0 Å². The highest BCUT2D eigenvalue weighted by Gasteiger charge is 2.25. The Labute approximate surface area is 124 Å². The lowest BCUT2D eigenvalue weighted by molar-refractivity contribution is 0.309. The summed E-state index contributed by atoms with van der Waals surface area (Å²) in [7, 11) is 1.65. The SMILES string of the molecule is COc1ccc(Cc2noc(C(C)(C)CN)n2)cc1.Cl. The first-order valence-corrected chi connectivity index (χ1v) is 6.21. The van der Waals surface area contributed by atoms with Crippen LogP contribution < -0.4 is 10.5 Å². The molecule has 0 aliphatic heterocycles. The van der Waals surface area contributed by atoms with Gasteiger partial charge in [-0.25, -0.2) is 0 Å². The minimum atomic E-state index is -0.287. The summed E-state index contributed by atoms with van der Waals surface area (Å²) >= 11 is 0. The molecule has 2 rings (SSSR count). The van der Waals surface area contributed by atoms with Crippen molar-refractivity contribution in [3.63, 3.8) is 0 Å². The number of halogens is 1. The average Bonchev–Trinajstić information content (AvgIpc) is 2.89. The highest BCUT2D eigenvalue weighted by Crippen LogP contribution is 2.20. The van der Waals surface area contributed by atoms with Gasteiger partial charge in [0.2, 0.25) is 5.89 Å². The summed E-state index contributed by atoms with van der Waals surface area (Å²) in [4.78, 5) is 4.40. The fourth-order valence-corrected chi connectivity index (χ4v) is 1.61. The molecule has 20 heavy (non-hydrogen) atoms. The average molecular weight is 298 g/mol. The summed E-state index contributed by atoms with van der Waals surface area (Å²) in [6.07, 6.45) is 0.633. The van der Waals surface area contributed by atoms with E-state index in [0.29, 0.717) is 24.7 Å². The Bertz CT molecular complexity index is 538. The summed E-state index contributed by atoms with van der Waals surface area (Å²) in [6, 6.07) is 7.81. The zero-order valence-corrected chi connectivity index (χ0v) is 12.7. The van der Waals surface area contributed by atoms with Crippen LogP contribution in [0.15, 0.2) is 28.8 Å². The van der Waals surface area contributed by atoms with Gasteiger partial charge >= 0.3 is 0 Å². The molecule has 0 saturated carbocycles. The van der Waals surface area contributed by atoms with E-state index in [0.717, 1.165) is 11.3 Å². The lowest BCUT2D eigenvalue weighted by Gasteiger charge is -2.15. The van der Waals surface area contributed by atoms with Crippen LogP contribution in [0.4, 0.5) is 0 Å². The van der Waals surface area contributed by atoms with Crippen molar-refractivity contribution < 1.29 is 9.26 Å². The zero-order valence-electron chi connectivity index (χ0n) is 11.9. The molecule has 110 valence electrons. The lowest BCUT2D eigenvalue weighted by Crippen LogP contribution is -2.28. The number of hydrogen-bond donors (Lipinski definition) is 1. The molecule has 6 heteroatoms. The van der Waals surface area contributed by atoms with E-state index in [1.165, 1.54) is 0 Å². The third-order valence-corrected chi connectivity index (χ3v) is 3.08. The molecule has 0 aliphatic rings. The van der Waals surface area contributed by atoms with Crippen molar-refractivity contribution in [3.8, 4) is 5.75 Å². The zero-order chi connectivity index (χ0) is 13.9. The van der Waals surface area contributed by atoms with E-state index in [1.807, 2.05) is 38.1 Å². The van der Waals surface area contributed by atoms with Gasteiger partial charge in [0, 0.05) is 13.0 Å². The Morgan fingerprint density at radius 1 is 1.25 bits per heavy atom. The van der Waals surface area contributed by atoms with Gasteiger partial charge in [-0.2, -0.15) is 4.98 Å². The largest absolute Gasteiger partial charge is 0.497 e. The molecule has 0 fully saturated rings. The molecule has 0 radical (unpaired) electrons. The molecular weight excluding hydrogens is 278 g/mol. The van der Waals surface area contributed by atoms with Gasteiger partial charge in [-0.3, -0.25) is 0 Å². The van der Waals surface area contributed by atoms with E-state index in [1.54, 1.807) is 7.11 Å². The molecule has 1 aromatic carbocycles.